The Morgan fingerprint density at radius 3 is 2.16 bits per heavy atom. The van der Waals surface area contributed by atoms with Gasteiger partial charge in [-0.05, 0) is 38.1 Å². The van der Waals surface area contributed by atoms with Crippen LogP contribution in [-0.2, 0) is 9.84 Å². The fourth-order valence-electron chi connectivity index (χ4n) is 2.94. The van der Waals surface area contributed by atoms with Gasteiger partial charge in [0.15, 0.2) is 5.37 Å². The zero-order chi connectivity index (χ0) is 18.0. The Hall–Kier alpha value is -2.18. The lowest BCUT2D eigenvalue weighted by Gasteiger charge is -2.35. The molecule has 132 valence electrons. The van der Waals surface area contributed by atoms with Crippen molar-refractivity contribution in [2.45, 2.75) is 24.1 Å². The van der Waals surface area contributed by atoms with Gasteiger partial charge in [0, 0.05) is 25.2 Å². The summed E-state index contributed by atoms with van der Waals surface area (Å²) in [6, 6.07) is 14.0. The van der Waals surface area contributed by atoms with E-state index >= 15 is 0 Å². The van der Waals surface area contributed by atoms with Crippen molar-refractivity contribution in [1.29, 1.82) is 0 Å². The molecule has 0 radical (unpaired) electrons. The number of hydrogen-bond donors (Lipinski definition) is 1. The molecule has 25 heavy (non-hydrogen) atoms. The van der Waals surface area contributed by atoms with Crippen LogP contribution in [0, 0.1) is 13.8 Å². The summed E-state index contributed by atoms with van der Waals surface area (Å²) in [5.41, 5.74) is 2.56. The normalized spacial score (nSPS) is 18.2. The van der Waals surface area contributed by atoms with Gasteiger partial charge in [-0.3, -0.25) is 4.79 Å². The third kappa shape index (κ3) is 3.60. The Kier molecular flexibility index (Phi) is 4.92. The van der Waals surface area contributed by atoms with Crippen LogP contribution in [0.2, 0.25) is 0 Å². The second-order valence-corrected chi connectivity index (χ2v) is 8.49. The molecule has 1 aliphatic rings. The molecule has 6 heteroatoms. The van der Waals surface area contributed by atoms with Crippen LogP contribution in [0.1, 0.15) is 21.5 Å². The highest BCUT2D eigenvalue weighted by molar-refractivity contribution is 7.92. The molecule has 1 atom stereocenters. The molecule has 1 amide bonds. The monoisotopic (exact) mass is 358 g/mol. The molecule has 3 rings (SSSR count). The summed E-state index contributed by atoms with van der Waals surface area (Å²) < 4.78 is 26.1. The average Bonchev–Trinajstić information content (AvgIpc) is 2.62. The Bertz CT molecular complexity index is 859. The second-order valence-electron chi connectivity index (χ2n) is 6.38. The van der Waals surface area contributed by atoms with Crippen molar-refractivity contribution in [2.75, 3.05) is 19.6 Å². The lowest BCUT2D eigenvalue weighted by Crippen LogP contribution is -2.56. The predicted molar refractivity (Wildman–Crippen MR) is 97.2 cm³/mol. The van der Waals surface area contributed by atoms with Crippen molar-refractivity contribution in [3.8, 4) is 0 Å². The number of carbonyl (C=O) groups excluding carboxylic acids is 1. The predicted octanol–water partition coefficient (Wildman–Crippen LogP) is 2.15. The van der Waals surface area contributed by atoms with Gasteiger partial charge in [0.1, 0.15) is 0 Å². The van der Waals surface area contributed by atoms with Crippen LogP contribution in [0.4, 0.5) is 0 Å². The van der Waals surface area contributed by atoms with E-state index in [1.54, 1.807) is 36.4 Å². The SMILES string of the molecule is Cc1ccc(C(=O)N2CCNCC2S(=O)(=O)c2ccc(C)cc2)cc1. The number of nitrogens with one attached hydrogen (secondary N) is 1. The standard InChI is InChI=1S/C19H22N2O3S/c1-14-3-7-16(8-4-14)19(22)21-12-11-20-13-18(21)25(23,24)17-9-5-15(2)6-10-17/h3-10,18,20H,11-13H2,1-2H3. The van der Waals surface area contributed by atoms with Gasteiger partial charge in [-0.2, -0.15) is 0 Å². The minimum absolute atomic E-state index is 0.230. The van der Waals surface area contributed by atoms with Crippen molar-refractivity contribution in [1.82, 2.24) is 10.2 Å². The quantitative estimate of drug-likeness (QED) is 0.913. The van der Waals surface area contributed by atoms with E-state index in [9.17, 15) is 13.2 Å². The Labute approximate surface area is 148 Å². The molecule has 0 saturated carbocycles. The molecule has 1 unspecified atom stereocenters. The molecular formula is C19H22N2O3S. The number of rotatable bonds is 3. The van der Waals surface area contributed by atoms with E-state index in [-0.39, 0.29) is 17.3 Å². The number of nitrogens with zero attached hydrogens (tertiary/aromatic N) is 1. The van der Waals surface area contributed by atoms with Gasteiger partial charge in [0.2, 0.25) is 9.84 Å². The van der Waals surface area contributed by atoms with E-state index in [4.69, 9.17) is 0 Å². The molecular weight excluding hydrogens is 336 g/mol. The summed E-state index contributed by atoms with van der Waals surface area (Å²) in [5.74, 6) is -0.248. The minimum Gasteiger partial charge on any atom is -0.319 e. The first-order chi connectivity index (χ1) is 11.9. The van der Waals surface area contributed by atoms with E-state index in [0.717, 1.165) is 11.1 Å². The smallest absolute Gasteiger partial charge is 0.255 e. The molecule has 1 N–H and O–H groups in total. The van der Waals surface area contributed by atoms with Gasteiger partial charge >= 0.3 is 0 Å². The number of piperazine rings is 1. The highest BCUT2D eigenvalue weighted by Gasteiger charge is 2.37. The second kappa shape index (κ2) is 6.98. The summed E-state index contributed by atoms with van der Waals surface area (Å²) in [6.45, 7) is 5.03. The van der Waals surface area contributed by atoms with E-state index in [0.29, 0.717) is 18.7 Å². The Morgan fingerprint density at radius 1 is 1.00 bits per heavy atom. The van der Waals surface area contributed by atoms with Gasteiger partial charge in [0.25, 0.3) is 5.91 Å². The fourth-order valence-corrected chi connectivity index (χ4v) is 4.64. The zero-order valence-corrected chi connectivity index (χ0v) is 15.2. The Balaban J connectivity index is 1.94. The molecule has 2 aromatic rings. The number of hydrogen-bond acceptors (Lipinski definition) is 4. The molecule has 1 saturated heterocycles. The zero-order valence-electron chi connectivity index (χ0n) is 14.4. The topological polar surface area (TPSA) is 66.5 Å². The van der Waals surface area contributed by atoms with Crippen molar-refractivity contribution in [2.24, 2.45) is 0 Å². The van der Waals surface area contributed by atoms with Gasteiger partial charge in [-0.15, -0.1) is 0 Å². The molecule has 5 nitrogen and oxygen atoms in total. The van der Waals surface area contributed by atoms with Crippen LogP contribution in [-0.4, -0.2) is 44.2 Å². The lowest BCUT2D eigenvalue weighted by atomic mass is 10.1. The summed E-state index contributed by atoms with van der Waals surface area (Å²) in [7, 11) is -3.65. The first kappa shape index (κ1) is 17.6. The number of sulfone groups is 1. The molecule has 1 heterocycles. The van der Waals surface area contributed by atoms with Crippen LogP contribution in [0.5, 0.6) is 0 Å². The first-order valence-corrected chi connectivity index (χ1v) is 9.83. The van der Waals surface area contributed by atoms with Crippen molar-refractivity contribution in [3.05, 3.63) is 65.2 Å². The number of aryl methyl sites for hydroxylation is 2. The van der Waals surface area contributed by atoms with Crippen LogP contribution in [0.25, 0.3) is 0 Å². The van der Waals surface area contributed by atoms with Crippen molar-refractivity contribution >= 4 is 15.7 Å². The molecule has 1 fully saturated rings. The Morgan fingerprint density at radius 2 is 1.56 bits per heavy atom. The average molecular weight is 358 g/mol. The highest BCUT2D eigenvalue weighted by atomic mass is 32.2. The largest absolute Gasteiger partial charge is 0.319 e. The van der Waals surface area contributed by atoms with Crippen molar-refractivity contribution < 1.29 is 13.2 Å². The van der Waals surface area contributed by atoms with Gasteiger partial charge in [-0.1, -0.05) is 35.4 Å². The van der Waals surface area contributed by atoms with E-state index < -0.39 is 15.2 Å². The maximum absolute atomic E-state index is 13.1. The molecule has 0 bridgehead atoms. The molecule has 0 aliphatic carbocycles. The summed E-state index contributed by atoms with van der Waals surface area (Å²) >= 11 is 0. The van der Waals surface area contributed by atoms with Crippen molar-refractivity contribution in [3.63, 3.8) is 0 Å². The van der Waals surface area contributed by atoms with Crippen LogP contribution in [0.3, 0.4) is 0 Å². The first-order valence-electron chi connectivity index (χ1n) is 8.28. The third-order valence-electron chi connectivity index (χ3n) is 4.46. The van der Waals surface area contributed by atoms with Crippen LogP contribution < -0.4 is 5.32 Å². The minimum atomic E-state index is -3.65. The molecule has 0 spiro atoms. The van der Waals surface area contributed by atoms with E-state index in [1.807, 2.05) is 26.0 Å². The van der Waals surface area contributed by atoms with E-state index in [2.05, 4.69) is 5.32 Å². The molecule has 0 aromatic heterocycles. The summed E-state index contributed by atoms with van der Waals surface area (Å²) in [4.78, 5) is 14.6. The fraction of sp³-hybridized carbons (Fsp3) is 0.316. The molecule has 1 aliphatic heterocycles. The third-order valence-corrected chi connectivity index (χ3v) is 6.53. The van der Waals surface area contributed by atoms with Gasteiger partial charge in [-0.25, -0.2) is 8.42 Å². The van der Waals surface area contributed by atoms with Gasteiger partial charge in [0.05, 0.1) is 4.90 Å². The maximum atomic E-state index is 13.1. The highest BCUT2D eigenvalue weighted by Crippen LogP contribution is 2.22. The maximum Gasteiger partial charge on any atom is 0.255 e. The summed E-state index contributed by atoms with van der Waals surface area (Å²) in [6.07, 6.45) is 0. The molecule has 2 aromatic carbocycles. The van der Waals surface area contributed by atoms with E-state index in [1.165, 1.54) is 4.90 Å². The van der Waals surface area contributed by atoms with Crippen LogP contribution in [0.15, 0.2) is 53.4 Å². The summed E-state index contributed by atoms with van der Waals surface area (Å²) in [5, 5.41) is 2.19. The number of benzene rings is 2. The number of amides is 1. The lowest BCUT2D eigenvalue weighted by molar-refractivity contribution is 0.0704. The number of carbonyl (C=O) groups is 1. The van der Waals surface area contributed by atoms with Crippen LogP contribution >= 0.6 is 0 Å². The van der Waals surface area contributed by atoms with Gasteiger partial charge < -0.3 is 10.2 Å².